The van der Waals surface area contributed by atoms with E-state index in [9.17, 15) is 15.0 Å². The van der Waals surface area contributed by atoms with Crippen molar-refractivity contribution in [3.05, 3.63) is 35.4 Å². The van der Waals surface area contributed by atoms with Gasteiger partial charge in [-0.1, -0.05) is 45.0 Å². The van der Waals surface area contributed by atoms with Crippen LogP contribution in [0.15, 0.2) is 24.3 Å². The number of aldehydes is 1. The third kappa shape index (κ3) is 3.14. The third-order valence-corrected chi connectivity index (χ3v) is 2.88. The molecule has 94 valence electrons. The van der Waals surface area contributed by atoms with Gasteiger partial charge in [-0.2, -0.15) is 0 Å². The smallest absolute Gasteiger partial charge is 0.154 e. The Balaban J connectivity index is 3.00. The molecule has 0 aliphatic carbocycles. The van der Waals surface area contributed by atoms with Crippen molar-refractivity contribution >= 4 is 6.29 Å². The highest BCUT2D eigenvalue weighted by Crippen LogP contribution is 2.27. The number of hydrogen-bond donors (Lipinski definition) is 2. The van der Waals surface area contributed by atoms with Crippen molar-refractivity contribution in [3.8, 4) is 0 Å². The van der Waals surface area contributed by atoms with Gasteiger partial charge in [0.05, 0.1) is 0 Å². The first kappa shape index (κ1) is 13.9. The molecule has 0 saturated heterocycles. The SMILES string of the molecule is CC(C)(C)c1ccc(C(O)C(C)(O)C=O)cc1. The van der Waals surface area contributed by atoms with Crippen LogP contribution in [0.1, 0.15) is 44.9 Å². The monoisotopic (exact) mass is 236 g/mol. The molecule has 1 aromatic rings. The van der Waals surface area contributed by atoms with Gasteiger partial charge in [0, 0.05) is 0 Å². The number of carbonyl (C=O) groups is 1. The number of hydrogen-bond acceptors (Lipinski definition) is 3. The second kappa shape index (κ2) is 4.59. The summed E-state index contributed by atoms with van der Waals surface area (Å²) in [4.78, 5) is 10.7. The van der Waals surface area contributed by atoms with Crippen LogP contribution in [0.4, 0.5) is 0 Å². The van der Waals surface area contributed by atoms with Crippen molar-refractivity contribution in [3.63, 3.8) is 0 Å². The molecule has 2 atom stereocenters. The van der Waals surface area contributed by atoms with Gasteiger partial charge in [-0.25, -0.2) is 0 Å². The van der Waals surface area contributed by atoms with E-state index in [4.69, 9.17) is 0 Å². The Labute approximate surface area is 102 Å². The molecule has 0 bridgehead atoms. The van der Waals surface area contributed by atoms with Crippen LogP contribution in [-0.2, 0) is 10.2 Å². The predicted octanol–water partition coefficient (Wildman–Crippen LogP) is 1.97. The molecule has 2 N–H and O–H groups in total. The highest BCUT2D eigenvalue weighted by Gasteiger charge is 2.31. The molecule has 0 aliphatic rings. The van der Waals surface area contributed by atoms with E-state index in [1.807, 2.05) is 12.1 Å². The normalized spacial score (nSPS) is 17.3. The third-order valence-electron chi connectivity index (χ3n) is 2.88. The van der Waals surface area contributed by atoms with Gasteiger partial charge in [0.25, 0.3) is 0 Å². The van der Waals surface area contributed by atoms with E-state index in [0.29, 0.717) is 11.8 Å². The zero-order chi connectivity index (χ0) is 13.3. The average Bonchev–Trinajstić information content (AvgIpc) is 2.27. The molecule has 17 heavy (non-hydrogen) atoms. The summed E-state index contributed by atoms with van der Waals surface area (Å²) in [5, 5.41) is 19.5. The lowest BCUT2D eigenvalue weighted by atomic mass is 9.85. The van der Waals surface area contributed by atoms with Gasteiger partial charge in [0.2, 0.25) is 0 Å². The Bertz CT molecular complexity index is 385. The molecule has 0 aromatic heterocycles. The summed E-state index contributed by atoms with van der Waals surface area (Å²) in [7, 11) is 0. The van der Waals surface area contributed by atoms with Crippen LogP contribution in [0.2, 0.25) is 0 Å². The first-order chi connectivity index (χ1) is 7.68. The lowest BCUT2D eigenvalue weighted by Crippen LogP contribution is -2.34. The van der Waals surface area contributed by atoms with Crippen LogP contribution in [0.25, 0.3) is 0 Å². The minimum atomic E-state index is -1.75. The number of benzene rings is 1. The quantitative estimate of drug-likeness (QED) is 0.789. The van der Waals surface area contributed by atoms with Gasteiger partial charge in [-0.15, -0.1) is 0 Å². The predicted molar refractivity (Wildman–Crippen MR) is 66.8 cm³/mol. The molecule has 0 aliphatic heterocycles. The van der Waals surface area contributed by atoms with E-state index in [2.05, 4.69) is 20.8 Å². The molecule has 0 fully saturated rings. The second-order valence-corrected chi connectivity index (χ2v) is 5.62. The molecule has 0 radical (unpaired) electrons. The van der Waals surface area contributed by atoms with E-state index >= 15 is 0 Å². The van der Waals surface area contributed by atoms with Crippen LogP contribution in [0.3, 0.4) is 0 Å². The Morgan fingerprint density at radius 3 is 1.94 bits per heavy atom. The van der Waals surface area contributed by atoms with Crippen molar-refractivity contribution in [1.82, 2.24) is 0 Å². The number of rotatable bonds is 3. The molecule has 3 nitrogen and oxygen atoms in total. The highest BCUT2D eigenvalue weighted by molar-refractivity contribution is 5.63. The molecule has 1 aromatic carbocycles. The fourth-order valence-corrected chi connectivity index (χ4v) is 1.57. The Morgan fingerprint density at radius 2 is 1.59 bits per heavy atom. The first-order valence-electron chi connectivity index (χ1n) is 5.65. The zero-order valence-electron chi connectivity index (χ0n) is 10.8. The summed E-state index contributed by atoms with van der Waals surface area (Å²) in [5.41, 5.74) is -0.0332. The van der Waals surface area contributed by atoms with E-state index < -0.39 is 11.7 Å². The van der Waals surface area contributed by atoms with Gasteiger partial charge in [0.1, 0.15) is 11.7 Å². The minimum absolute atomic E-state index is 0.0384. The Kier molecular flexibility index (Phi) is 3.74. The van der Waals surface area contributed by atoms with E-state index in [-0.39, 0.29) is 5.41 Å². The Morgan fingerprint density at radius 1 is 1.12 bits per heavy atom. The van der Waals surface area contributed by atoms with Crippen molar-refractivity contribution < 1.29 is 15.0 Å². The molecule has 1 rings (SSSR count). The van der Waals surface area contributed by atoms with Crippen LogP contribution in [0, 0.1) is 0 Å². The van der Waals surface area contributed by atoms with Crippen LogP contribution < -0.4 is 0 Å². The molecule has 0 amide bonds. The van der Waals surface area contributed by atoms with Crippen LogP contribution in [-0.4, -0.2) is 22.1 Å². The molecule has 2 unspecified atom stereocenters. The fraction of sp³-hybridized carbons (Fsp3) is 0.500. The summed E-state index contributed by atoms with van der Waals surface area (Å²) in [5.74, 6) is 0. The second-order valence-electron chi connectivity index (χ2n) is 5.62. The molecular formula is C14H20O3. The molecule has 0 spiro atoms. The average molecular weight is 236 g/mol. The summed E-state index contributed by atoms with van der Waals surface area (Å²) >= 11 is 0. The van der Waals surface area contributed by atoms with Gasteiger partial charge < -0.3 is 15.0 Å². The maximum absolute atomic E-state index is 10.7. The topological polar surface area (TPSA) is 57.5 Å². The van der Waals surface area contributed by atoms with Crippen molar-refractivity contribution in [2.75, 3.05) is 0 Å². The van der Waals surface area contributed by atoms with Crippen molar-refractivity contribution in [2.45, 2.75) is 44.8 Å². The molecule has 3 heteroatoms. The van der Waals surface area contributed by atoms with E-state index in [1.54, 1.807) is 12.1 Å². The summed E-state index contributed by atoms with van der Waals surface area (Å²) in [6, 6.07) is 7.28. The van der Waals surface area contributed by atoms with Crippen LogP contribution in [0.5, 0.6) is 0 Å². The van der Waals surface area contributed by atoms with Gasteiger partial charge >= 0.3 is 0 Å². The van der Waals surface area contributed by atoms with E-state index in [0.717, 1.165) is 5.56 Å². The first-order valence-corrected chi connectivity index (χ1v) is 5.65. The number of carbonyl (C=O) groups excluding carboxylic acids is 1. The summed E-state index contributed by atoms with van der Waals surface area (Å²) in [6.45, 7) is 7.59. The fourth-order valence-electron chi connectivity index (χ4n) is 1.57. The molecule has 0 heterocycles. The number of aliphatic hydroxyl groups excluding tert-OH is 1. The Hall–Kier alpha value is -1.19. The summed E-state index contributed by atoms with van der Waals surface area (Å²) in [6.07, 6.45) is -0.843. The maximum Gasteiger partial charge on any atom is 0.154 e. The minimum Gasteiger partial charge on any atom is -0.385 e. The molecule has 0 saturated carbocycles. The van der Waals surface area contributed by atoms with Gasteiger partial charge in [0.15, 0.2) is 6.29 Å². The standard InChI is InChI=1S/C14H20O3/c1-13(2,3)11-7-5-10(6-8-11)12(16)14(4,17)9-15/h5-9,12,16-17H,1-4H3. The lowest BCUT2D eigenvalue weighted by molar-refractivity contribution is -0.134. The summed E-state index contributed by atoms with van der Waals surface area (Å²) < 4.78 is 0. The van der Waals surface area contributed by atoms with Gasteiger partial charge in [-0.3, -0.25) is 0 Å². The highest BCUT2D eigenvalue weighted by atomic mass is 16.3. The maximum atomic E-state index is 10.7. The molecular weight excluding hydrogens is 216 g/mol. The lowest BCUT2D eigenvalue weighted by Gasteiger charge is -2.24. The van der Waals surface area contributed by atoms with E-state index in [1.165, 1.54) is 6.92 Å². The van der Waals surface area contributed by atoms with Crippen LogP contribution >= 0.6 is 0 Å². The largest absolute Gasteiger partial charge is 0.385 e. The number of aliphatic hydroxyl groups is 2. The van der Waals surface area contributed by atoms with Crippen molar-refractivity contribution in [2.24, 2.45) is 0 Å². The van der Waals surface area contributed by atoms with Crippen molar-refractivity contribution in [1.29, 1.82) is 0 Å². The zero-order valence-corrected chi connectivity index (χ0v) is 10.8. The van der Waals surface area contributed by atoms with Gasteiger partial charge in [-0.05, 0) is 23.5 Å².